The van der Waals surface area contributed by atoms with Crippen molar-refractivity contribution in [3.05, 3.63) is 45.1 Å². The summed E-state index contributed by atoms with van der Waals surface area (Å²) in [6, 6.07) is 11.0. The van der Waals surface area contributed by atoms with Crippen molar-refractivity contribution in [1.29, 1.82) is 0 Å². The molecule has 0 N–H and O–H groups in total. The van der Waals surface area contributed by atoms with Crippen molar-refractivity contribution in [2.45, 2.75) is 76.3 Å². The van der Waals surface area contributed by atoms with Crippen LogP contribution in [0.3, 0.4) is 0 Å². The smallest absolute Gasteiger partial charge is 0.0933 e. The number of hydrogen-bond acceptors (Lipinski definition) is 6. The van der Waals surface area contributed by atoms with Gasteiger partial charge in [-0.05, 0) is 37.4 Å². The van der Waals surface area contributed by atoms with Gasteiger partial charge in [0.15, 0.2) is 0 Å². The second kappa shape index (κ2) is 11.0. The van der Waals surface area contributed by atoms with Crippen molar-refractivity contribution in [3.63, 3.8) is 0 Å². The molecule has 0 saturated heterocycles. The highest BCUT2D eigenvalue weighted by molar-refractivity contribution is 6.92. The van der Waals surface area contributed by atoms with Crippen LogP contribution in [0.2, 0.25) is 18.1 Å². The number of hydrogen-bond donors (Lipinski definition) is 0. The minimum Gasteiger partial charge on any atom is -0.151 e. The van der Waals surface area contributed by atoms with E-state index in [-0.39, 0.29) is 18.1 Å². The van der Waals surface area contributed by atoms with Crippen molar-refractivity contribution >= 4 is 13.3 Å². The van der Waals surface area contributed by atoms with E-state index in [2.05, 4.69) is 27.7 Å². The minimum absolute atomic E-state index is 0.305. The molecule has 1 aromatic carbocycles. The Bertz CT molecular complexity index is 496. The van der Waals surface area contributed by atoms with E-state index in [4.69, 9.17) is 0 Å². The van der Waals surface area contributed by atoms with Crippen LogP contribution in [0.25, 0.3) is 0 Å². The third-order valence-corrected chi connectivity index (χ3v) is 10.4. The minimum atomic E-state index is -2.37. The normalized spacial score (nSPS) is 17.1. The molecule has 0 heterocycles. The topological polar surface area (TPSA) is 88.3 Å². The fourth-order valence-electron chi connectivity index (χ4n) is 3.52. The monoisotopic (exact) mass is 363 g/mol. The van der Waals surface area contributed by atoms with Gasteiger partial charge in [0, 0.05) is 0 Å². The maximum Gasteiger partial charge on any atom is 0.0933 e. The molecule has 0 saturated carbocycles. The molecule has 0 aliphatic carbocycles. The van der Waals surface area contributed by atoms with E-state index in [0.717, 1.165) is 5.19 Å². The van der Waals surface area contributed by atoms with Crippen LogP contribution in [0.5, 0.6) is 0 Å². The van der Waals surface area contributed by atoms with E-state index in [0.29, 0.717) is 37.4 Å². The van der Waals surface area contributed by atoms with Crippen LogP contribution < -0.4 is 5.19 Å². The fourth-order valence-corrected chi connectivity index (χ4v) is 9.42. The van der Waals surface area contributed by atoms with Crippen LogP contribution in [0.4, 0.5) is 0 Å². The summed E-state index contributed by atoms with van der Waals surface area (Å²) >= 11 is 0. The van der Waals surface area contributed by atoms with E-state index in [1.54, 1.807) is 0 Å². The summed E-state index contributed by atoms with van der Waals surface area (Å²) < 4.78 is 0. The molecule has 3 atom stereocenters. The predicted molar refractivity (Wildman–Crippen MR) is 106 cm³/mol. The number of nitrogens with zero attached hydrogens (tertiary/aromatic N) is 3. The Balaban J connectivity index is 3.40. The summed E-state index contributed by atoms with van der Waals surface area (Å²) in [6.07, 6.45) is 1.96. The van der Waals surface area contributed by atoms with Crippen LogP contribution in [-0.2, 0) is 0 Å². The van der Waals surface area contributed by atoms with Gasteiger partial charge < -0.3 is 0 Å². The number of rotatable bonds is 13. The van der Waals surface area contributed by atoms with Gasteiger partial charge in [-0.15, -0.1) is 0 Å². The average Bonchev–Trinajstić information content (AvgIpc) is 2.68. The van der Waals surface area contributed by atoms with Gasteiger partial charge in [-0.2, -0.15) is 14.7 Å². The van der Waals surface area contributed by atoms with Crippen molar-refractivity contribution in [2.24, 2.45) is 15.5 Å². The molecule has 7 heteroatoms. The molecule has 0 bridgehead atoms. The van der Waals surface area contributed by atoms with E-state index in [1.165, 1.54) is 0 Å². The second-order valence-electron chi connectivity index (χ2n) is 6.76. The van der Waals surface area contributed by atoms with Crippen LogP contribution in [-0.4, -0.2) is 26.2 Å². The average molecular weight is 364 g/mol. The van der Waals surface area contributed by atoms with Gasteiger partial charge in [0.25, 0.3) is 0 Å². The van der Waals surface area contributed by atoms with Crippen molar-refractivity contribution < 1.29 is 0 Å². The summed E-state index contributed by atoms with van der Waals surface area (Å²) in [6.45, 7) is 5.84. The molecule has 1 rings (SSSR count). The van der Waals surface area contributed by atoms with Gasteiger partial charge >= 0.3 is 0 Å². The van der Waals surface area contributed by atoms with Gasteiger partial charge in [-0.1, -0.05) is 71.8 Å². The molecule has 0 radical (unpaired) electrons. The molecule has 0 spiro atoms. The van der Waals surface area contributed by atoms with Gasteiger partial charge in [0.05, 0.1) is 26.2 Å². The molecule has 0 aliphatic rings. The Morgan fingerprint density at radius 1 is 0.720 bits per heavy atom. The van der Waals surface area contributed by atoms with Crippen LogP contribution in [0.15, 0.2) is 45.9 Å². The van der Waals surface area contributed by atoms with E-state index in [1.807, 2.05) is 39.0 Å². The quantitative estimate of drug-likeness (QED) is 0.366. The SMILES string of the molecule is CCC(C[Si](CC(CC)N=O)(CC(CC)N=O)c1ccccc1)N=O. The molecule has 0 amide bonds. The highest BCUT2D eigenvalue weighted by Gasteiger charge is 2.41. The fraction of sp³-hybridized carbons (Fsp3) is 0.667. The first kappa shape index (κ1) is 21.3. The molecule has 138 valence electrons. The lowest BCUT2D eigenvalue weighted by molar-refractivity contribution is 0.645. The summed E-state index contributed by atoms with van der Waals surface area (Å²) in [5.41, 5.74) is 0. The lowest BCUT2D eigenvalue weighted by Gasteiger charge is -2.36. The Kier molecular flexibility index (Phi) is 9.34. The van der Waals surface area contributed by atoms with E-state index < -0.39 is 8.07 Å². The Morgan fingerprint density at radius 2 is 1.08 bits per heavy atom. The van der Waals surface area contributed by atoms with Crippen LogP contribution >= 0.6 is 0 Å². The summed E-state index contributed by atoms with van der Waals surface area (Å²) in [5.74, 6) is 0. The molecule has 0 aliphatic heterocycles. The zero-order valence-corrected chi connectivity index (χ0v) is 16.4. The molecule has 1 aromatic rings. The summed E-state index contributed by atoms with van der Waals surface area (Å²) in [4.78, 5) is 33.9. The van der Waals surface area contributed by atoms with Gasteiger partial charge in [0.2, 0.25) is 0 Å². The van der Waals surface area contributed by atoms with E-state index in [9.17, 15) is 14.7 Å². The maximum atomic E-state index is 11.3. The van der Waals surface area contributed by atoms with Gasteiger partial charge in [-0.25, -0.2) is 0 Å². The third kappa shape index (κ3) is 5.92. The first-order valence-corrected chi connectivity index (χ1v) is 11.7. The van der Waals surface area contributed by atoms with Crippen molar-refractivity contribution in [3.8, 4) is 0 Å². The molecular formula is C18H29N3O3Si. The molecule has 6 nitrogen and oxygen atoms in total. The lowest BCUT2D eigenvalue weighted by Crippen LogP contribution is -2.53. The Hall–Kier alpha value is -1.76. The standard InChI is InChI=1S/C18H29N3O3Si/c1-4-15(19-22)12-25(13-16(5-2)20-23,14-17(6-3)21-24)18-10-8-7-9-11-18/h7-11,15-17H,4-6,12-14H2,1-3H3. The van der Waals surface area contributed by atoms with Crippen LogP contribution in [0, 0.1) is 14.7 Å². The summed E-state index contributed by atoms with van der Waals surface area (Å²) in [5, 5.41) is 11.1. The predicted octanol–water partition coefficient (Wildman–Crippen LogP) is 4.98. The maximum absolute atomic E-state index is 11.3. The second-order valence-corrected chi connectivity index (χ2v) is 11.1. The molecule has 3 unspecified atom stereocenters. The third-order valence-electron chi connectivity index (χ3n) is 5.13. The largest absolute Gasteiger partial charge is 0.151 e. The molecular weight excluding hydrogens is 334 g/mol. The highest BCUT2D eigenvalue weighted by atomic mass is 28.3. The molecule has 0 fully saturated rings. The molecule has 0 aromatic heterocycles. The van der Waals surface area contributed by atoms with Crippen molar-refractivity contribution in [2.75, 3.05) is 0 Å². The number of nitroso groups, excluding NO2 is 3. The molecule has 25 heavy (non-hydrogen) atoms. The first-order valence-electron chi connectivity index (χ1n) is 9.11. The highest BCUT2D eigenvalue weighted by Crippen LogP contribution is 2.31. The van der Waals surface area contributed by atoms with Crippen molar-refractivity contribution in [1.82, 2.24) is 0 Å². The van der Waals surface area contributed by atoms with Gasteiger partial charge in [0.1, 0.15) is 0 Å². The first-order chi connectivity index (χ1) is 12.1. The van der Waals surface area contributed by atoms with Crippen LogP contribution in [0.1, 0.15) is 40.0 Å². The zero-order valence-electron chi connectivity index (χ0n) is 15.4. The summed E-state index contributed by atoms with van der Waals surface area (Å²) in [7, 11) is -2.37. The zero-order chi connectivity index (χ0) is 18.7. The Morgan fingerprint density at radius 3 is 1.36 bits per heavy atom. The van der Waals surface area contributed by atoms with Gasteiger partial charge in [-0.3, -0.25) is 0 Å². The lowest BCUT2D eigenvalue weighted by atomic mass is 10.3. The Labute approximate surface area is 150 Å². The van der Waals surface area contributed by atoms with E-state index >= 15 is 0 Å². The number of benzene rings is 1.